The summed E-state index contributed by atoms with van der Waals surface area (Å²) in [5.41, 5.74) is 1.69. The average molecular weight is 482 g/mol. The number of rotatable bonds is 3. The Morgan fingerprint density at radius 3 is 2.13 bits per heavy atom. The van der Waals surface area contributed by atoms with E-state index in [0.717, 1.165) is 29.4 Å². The van der Waals surface area contributed by atoms with Gasteiger partial charge in [-0.05, 0) is 48.0 Å². The van der Waals surface area contributed by atoms with Crippen molar-refractivity contribution in [3.63, 3.8) is 0 Å². The Kier molecular flexibility index (Phi) is 6.37. The van der Waals surface area contributed by atoms with Gasteiger partial charge in [-0.3, -0.25) is 4.79 Å². The fourth-order valence-electron chi connectivity index (χ4n) is 3.80. The summed E-state index contributed by atoms with van der Waals surface area (Å²) in [5.74, 6) is -2.01. The van der Waals surface area contributed by atoms with Crippen molar-refractivity contribution < 1.29 is 13.6 Å². The van der Waals surface area contributed by atoms with E-state index in [-0.39, 0.29) is 11.6 Å². The lowest BCUT2D eigenvalue weighted by atomic mass is 10.0. The zero-order chi connectivity index (χ0) is 22.1. The summed E-state index contributed by atoms with van der Waals surface area (Å²) >= 11 is 18.6. The van der Waals surface area contributed by atoms with E-state index in [9.17, 15) is 13.6 Å². The Bertz CT molecular complexity index is 1100. The molecule has 1 saturated heterocycles. The molecule has 3 aromatic rings. The Labute approximate surface area is 193 Å². The minimum absolute atomic E-state index is 0.0228. The molecule has 0 spiro atoms. The van der Waals surface area contributed by atoms with Crippen molar-refractivity contribution in [2.75, 3.05) is 24.5 Å². The Morgan fingerprint density at radius 1 is 0.839 bits per heavy atom. The van der Waals surface area contributed by atoms with Crippen LogP contribution < -0.4 is 4.90 Å². The molecule has 3 nitrogen and oxygen atoms in total. The Balaban J connectivity index is 1.68. The lowest BCUT2D eigenvalue weighted by Crippen LogP contribution is -2.50. The predicted molar refractivity (Wildman–Crippen MR) is 120 cm³/mol. The van der Waals surface area contributed by atoms with Gasteiger partial charge in [-0.15, -0.1) is 0 Å². The smallest absolute Gasteiger partial charge is 0.254 e. The molecule has 1 aliphatic rings. The Hall–Kier alpha value is -2.34. The largest absolute Gasteiger partial charge is 0.360 e. The normalized spacial score (nSPS) is 16.5. The van der Waals surface area contributed by atoms with Crippen molar-refractivity contribution in [3.05, 3.63) is 98.5 Å². The third-order valence-electron chi connectivity index (χ3n) is 5.25. The lowest BCUT2D eigenvalue weighted by Gasteiger charge is -2.43. The van der Waals surface area contributed by atoms with Crippen LogP contribution in [0, 0.1) is 11.6 Å². The van der Waals surface area contributed by atoms with Crippen molar-refractivity contribution in [1.29, 1.82) is 0 Å². The molecule has 1 fully saturated rings. The van der Waals surface area contributed by atoms with E-state index < -0.39 is 17.5 Å². The summed E-state index contributed by atoms with van der Waals surface area (Å²) in [6, 6.07) is 15.2. The van der Waals surface area contributed by atoms with Crippen molar-refractivity contribution in [2.45, 2.75) is 6.04 Å². The number of hydrogen-bond donors (Lipinski definition) is 0. The molecule has 0 bridgehead atoms. The summed E-state index contributed by atoms with van der Waals surface area (Å²) in [4.78, 5) is 16.7. The molecule has 4 rings (SSSR count). The summed E-state index contributed by atoms with van der Waals surface area (Å²) in [5, 5.41) is 1.62. The molecular weight excluding hydrogens is 465 g/mol. The van der Waals surface area contributed by atoms with E-state index in [1.54, 1.807) is 29.2 Å². The van der Waals surface area contributed by atoms with Gasteiger partial charge < -0.3 is 9.80 Å². The number of halogens is 5. The Morgan fingerprint density at radius 2 is 1.48 bits per heavy atom. The number of nitrogens with zero attached hydrogens (tertiary/aromatic N) is 2. The van der Waals surface area contributed by atoms with Crippen LogP contribution in [0.15, 0.2) is 60.7 Å². The van der Waals surface area contributed by atoms with Gasteiger partial charge in [0.15, 0.2) is 0 Å². The first-order chi connectivity index (χ1) is 14.8. The van der Waals surface area contributed by atoms with Gasteiger partial charge in [0.1, 0.15) is 11.6 Å². The molecule has 0 aromatic heterocycles. The molecule has 1 unspecified atom stereocenters. The number of piperazine rings is 1. The molecular formula is C23H17Cl3F2N2O. The van der Waals surface area contributed by atoms with Gasteiger partial charge in [0, 0.05) is 41.3 Å². The molecule has 0 aliphatic carbocycles. The summed E-state index contributed by atoms with van der Waals surface area (Å²) in [6.45, 7) is 1.13. The van der Waals surface area contributed by atoms with Crippen LogP contribution in [0.1, 0.15) is 22.0 Å². The zero-order valence-corrected chi connectivity index (χ0v) is 18.4. The highest BCUT2D eigenvalue weighted by molar-refractivity contribution is 6.36. The second-order valence-electron chi connectivity index (χ2n) is 7.27. The first-order valence-corrected chi connectivity index (χ1v) is 10.7. The quantitative estimate of drug-likeness (QED) is 0.419. The minimum atomic E-state index is -0.788. The van der Waals surface area contributed by atoms with Crippen LogP contribution in [0.25, 0.3) is 0 Å². The third kappa shape index (κ3) is 4.79. The van der Waals surface area contributed by atoms with E-state index in [1.807, 2.05) is 18.2 Å². The van der Waals surface area contributed by atoms with Crippen molar-refractivity contribution >= 4 is 46.4 Å². The molecule has 160 valence electrons. The van der Waals surface area contributed by atoms with Crippen molar-refractivity contribution in [2.24, 2.45) is 0 Å². The highest BCUT2D eigenvalue weighted by atomic mass is 35.5. The molecule has 0 saturated carbocycles. The standard InChI is InChI=1S/C23H17Cl3F2N2O/c24-16-3-1-14(2-4-16)22-13-29(23(31)15-9-18(27)12-19(28)10-15)7-8-30(22)21-6-5-17(25)11-20(21)26/h1-6,9-12,22H,7-8,13H2. The highest BCUT2D eigenvalue weighted by Gasteiger charge is 2.32. The van der Waals surface area contributed by atoms with Crippen molar-refractivity contribution in [1.82, 2.24) is 4.90 Å². The average Bonchev–Trinajstić information content (AvgIpc) is 2.73. The van der Waals surface area contributed by atoms with E-state index >= 15 is 0 Å². The summed E-state index contributed by atoms with van der Waals surface area (Å²) < 4.78 is 27.3. The van der Waals surface area contributed by atoms with Gasteiger partial charge in [-0.2, -0.15) is 0 Å². The first kappa shape index (κ1) is 21.9. The van der Waals surface area contributed by atoms with Crippen LogP contribution in [-0.4, -0.2) is 30.4 Å². The topological polar surface area (TPSA) is 23.6 Å². The van der Waals surface area contributed by atoms with Crippen LogP contribution in [0.3, 0.4) is 0 Å². The van der Waals surface area contributed by atoms with Gasteiger partial charge in [0.05, 0.1) is 16.8 Å². The van der Waals surface area contributed by atoms with E-state index in [1.165, 1.54) is 0 Å². The van der Waals surface area contributed by atoms with Crippen molar-refractivity contribution in [3.8, 4) is 0 Å². The molecule has 3 aromatic carbocycles. The maximum absolute atomic E-state index is 13.6. The molecule has 8 heteroatoms. The maximum Gasteiger partial charge on any atom is 0.254 e. The second-order valence-corrected chi connectivity index (χ2v) is 8.55. The van der Waals surface area contributed by atoms with E-state index in [2.05, 4.69) is 4.90 Å². The highest BCUT2D eigenvalue weighted by Crippen LogP contribution is 2.37. The molecule has 1 atom stereocenters. The maximum atomic E-state index is 13.6. The van der Waals surface area contributed by atoms with Crippen LogP contribution >= 0.6 is 34.8 Å². The lowest BCUT2D eigenvalue weighted by molar-refractivity contribution is 0.0721. The SMILES string of the molecule is O=C(c1cc(F)cc(F)c1)N1CCN(c2ccc(Cl)cc2Cl)C(c2ccc(Cl)cc2)C1. The van der Waals surface area contributed by atoms with E-state index in [0.29, 0.717) is 34.7 Å². The van der Waals surface area contributed by atoms with Gasteiger partial charge in [-0.25, -0.2) is 8.78 Å². The van der Waals surface area contributed by atoms with Crippen LogP contribution in [0.5, 0.6) is 0 Å². The molecule has 31 heavy (non-hydrogen) atoms. The number of carbonyl (C=O) groups is 1. The van der Waals surface area contributed by atoms with Gasteiger partial charge >= 0.3 is 0 Å². The summed E-state index contributed by atoms with van der Waals surface area (Å²) in [7, 11) is 0. The van der Waals surface area contributed by atoms with Gasteiger partial charge in [-0.1, -0.05) is 46.9 Å². The molecule has 1 heterocycles. The van der Waals surface area contributed by atoms with E-state index in [4.69, 9.17) is 34.8 Å². The minimum Gasteiger partial charge on any atom is -0.360 e. The number of amides is 1. The predicted octanol–water partition coefficient (Wildman–Crippen LogP) is 6.63. The van der Waals surface area contributed by atoms with Crippen LogP contribution in [0.4, 0.5) is 14.5 Å². The number of hydrogen-bond acceptors (Lipinski definition) is 2. The second kappa shape index (κ2) is 9.03. The van der Waals surface area contributed by atoms with Crippen LogP contribution in [0.2, 0.25) is 15.1 Å². The number of benzene rings is 3. The molecule has 0 radical (unpaired) electrons. The van der Waals surface area contributed by atoms with Crippen LogP contribution in [-0.2, 0) is 0 Å². The van der Waals surface area contributed by atoms with Gasteiger partial charge in [0.2, 0.25) is 0 Å². The summed E-state index contributed by atoms with van der Waals surface area (Å²) in [6.07, 6.45) is 0. The molecule has 1 aliphatic heterocycles. The first-order valence-electron chi connectivity index (χ1n) is 9.54. The monoisotopic (exact) mass is 480 g/mol. The molecule has 1 amide bonds. The fraction of sp³-hybridized carbons (Fsp3) is 0.174. The number of anilines is 1. The zero-order valence-electron chi connectivity index (χ0n) is 16.2. The molecule has 0 N–H and O–H groups in total. The fourth-order valence-corrected chi connectivity index (χ4v) is 4.44. The van der Waals surface area contributed by atoms with Gasteiger partial charge in [0.25, 0.3) is 5.91 Å². The third-order valence-corrected chi connectivity index (χ3v) is 6.04. The number of carbonyl (C=O) groups excluding carboxylic acids is 1.